The Morgan fingerprint density at radius 1 is 1.64 bits per heavy atom. The van der Waals surface area contributed by atoms with Crippen molar-refractivity contribution in [2.45, 2.75) is 25.6 Å². The predicted octanol–water partition coefficient (Wildman–Crippen LogP) is 0.400. The number of nitrogens with one attached hydrogen (secondary N) is 1. The highest BCUT2D eigenvalue weighted by Gasteiger charge is 2.33. The zero-order valence-electron chi connectivity index (χ0n) is 7.52. The van der Waals surface area contributed by atoms with Gasteiger partial charge in [-0.25, -0.2) is 0 Å². The van der Waals surface area contributed by atoms with E-state index in [-0.39, 0.29) is 11.7 Å². The maximum atomic E-state index is 5.63. The van der Waals surface area contributed by atoms with E-state index >= 15 is 0 Å². The van der Waals surface area contributed by atoms with Crippen molar-refractivity contribution in [2.75, 3.05) is 26.8 Å². The van der Waals surface area contributed by atoms with Crippen LogP contribution < -0.4 is 5.32 Å². The fourth-order valence-corrected chi connectivity index (χ4v) is 1.25. The molecule has 1 heterocycles. The van der Waals surface area contributed by atoms with Gasteiger partial charge in [0.2, 0.25) is 0 Å². The molecule has 11 heavy (non-hydrogen) atoms. The molecule has 66 valence electrons. The summed E-state index contributed by atoms with van der Waals surface area (Å²) in [5.74, 6) is 0. The maximum absolute atomic E-state index is 5.63. The van der Waals surface area contributed by atoms with Gasteiger partial charge in [0.05, 0.1) is 12.7 Å². The first kappa shape index (κ1) is 8.97. The van der Waals surface area contributed by atoms with Gasteiger partial charge in [-0.05, 0) is 13.8 Å². The second-order valence-electron chi connectivity index (χ2n) is 3.22. The van der Waals surface area contributed by atoms with Crippen LogP contribution in [0.1, 0.15) is 13.8 Å². The lowest BCUT2D eigenvalue weighted by atomic mass is 9.99. The van der Waals surface area contributed by atoms with Crippen LogP contribution in [0.4, 0.5) is 0 Å². The molecule has 0 amide bonds. The van der Waals surface area contributed by atoms with Gasteiger partial charge in [0.25, 0.3) is 0 Å². The molecular weight excluding hydrogens is 142 g/mol. The van der Waals surface area contributed by atoms with Crippen molar-refractivity contribution in [3.05, 3.63) is 0 Å². The summed E-state index contributed by atoms with van der Waals surface area (Å²) in [5.41, 5.74) is -0.146. The molecule has 2 atom stereocenters. The molecule has 1 fully saturated rings. The summed E-state index contributed by atoms with van der Waals surface area (Å²) in [5, 5.41) is 3.29. The third kappa shape index (κ3) is 1.92. The molecule has 0 saturated carbocycles. The first-order valence-electron chi connectivity index (χ1n) is 4.06. The number of hydrogen-bond acceptors (Lipinski definition) is 3. The van der Waals surface area contributed by atoms with Crippen LogP contribution >= 0.6 is 0 Å². The Morgan fingerprint density at radius 2 is 2.36 bits per heavy atom. The van der Waals surface area contributed by atoms with Crippen molar-refractivity contribution in [2.24, 2.45) is 0 Å². The molecule has 1 saturated heterocycles. The van der Waals surface area contributed by atoms with E-state index < -0.39 is 0 Å². The SMILES string of the molecule is COC(C)C1(C)CNCCO1. The Labute approximate surface area is 68.1 Å². The van der Waals surface area contributed by atoms with Gasteiger partial charge in [0, 0.05) is 20.2 Å². The number of methoxy groups -OCH3 is 1. The first-order chi connectivity index (χ1) is 5.19. The molecule has 0 radical (unpaired) electrons. The molecule has 0 aliphatic carbocycles. The van der Waals surface area contributed by atoms with Crippen LogP contribution in [0.2, 0.25) is 0 Å². The van der Waals surface area contributed by atoms with E-state index in [1.54, 1.807) is 7.11 Å². The monoisotopic (exact) mass is 159 g/mol. The summed E-state index contributed by atoms with van der Waals surface area (Å²) in [6.07, 6.45) is 0.148. The number of hydrogen-bond donors (Lipinski definition) is 1. The highest BCUT2D eigenvalue weighted by Crippen LogP contribution is 2.18. The molecule has 2 unspecified atom stereocenters. The molecule has 1 N–H and O–H groups in total. The summed E-state index contributed by atoms with van der Waals surface area (Å²) in [6.45, 7) is 6.72. The van der Waals surface area contributed by atoms with E-state index in [9.17, 15) is 0 Å². The van der Waals surface area contributed by atoms with Crippen LogP contribution in [-0.4, -0.2) is 38.5 Å². The smallest absolute Gasteiger partial charge is 0.104 e. The molecule has 1 aliphatic rings. The van der Waals surface area contributed by atoms with Crippen molar-refractivity contribution in [3.63, 3.8) is 0 Å². The van der Waals surface area contributed by atoms with E-state index in [1.807, 2.05) is 6.92 Å². The summed E-state index contributed by atoms with van der Waals surface area (Å²) < 4.78 is 10.9. The van der Waals surface area contributed by atoms with E-state index in [0.29, 0.717) is 0 Å². The lowest BCUT2D eigenvalue weighted by molar-refractivity contribution is -0.130. The van der Waals surface area contributed by atoms with Gasteiger partial charge in [0.15, 0.2) is 0 Å². The lowest BCUT2D eigenvalue weighted by Crippen LogP contribution is -2.54. The number of rotatable bonds is 2. The molecule has 0 aromatic heterocycles. The van der Waals surface area contributed by atoms with Gasteiger partial charge in [-0.15, -0.1) is 0 Å². The molecular formula is C8H17NO2. The van der Waals surface area contributed by atoms with Gasteiger partial charge in [-0.1, -0.05) is 0 Å². The van der Waals surface area contributed by atoms with Gasteiger partial charge in [-0.2, -0.15) is 0 Å². The van der Waals surface area contributed by atoms with Crippen molar-refractivity contribution in [1.82, 2.24) is 5.32 Å². The second kappa shape index (κ2) is 3.52. The zero-order valence-corrected chi connectivity index (χ0v) is 7.52. The predicted molar refractivity (Wildman–Crippen MR) is 43.7 cm³/mol. The molecule has 1 rings (SSSR count). The van der Waals surface area contributed by atoms with E-state index in [0.717, 1.165) is 19.7 Å². The number of ether oxygens (including phenoxy) is 2. The van der Waals surface area contributed by atoms with E-state index in [1.165, 1.54) is 0 Å². The minimum Gasteiger partial charge on any atom is -0.379 e. The minimum absolute atomic E-state index is 0.146. The molecule has 0 aromatic rings. The first-order valence-corrected chi connectivity index (χ1v) is 4.06. The van der Waals surface area contributed by atoms with Crippen molar-refractivity contribution in [1.29, 1.82) is 0 Å². The Kier molecular flexibility index (Phi) is 2.87. The molecule has 0 spiro atoms. The average molecular weight is 159 g/mol. The van der Waals surface area contributed by atoms with Crippen molar-refractivity contribution in [3.8, 4) is 0 Å². The minimum atomic E-state index is -0.146. The van der Waals surface area contributed by atoms with Crippen molar-refractivity contribution >= 4 is 0 Å². The van der Waals surface area contributed by atoms with E-state index in [2.05, 4.69) is 12.2 Å². The molecule has 0 aromatic carbocycles. The lowest BCUT2D eigenvalue weighted by Gasteiger charge is -2.38. The largest absolute Gasteiger partial charge is 0.379 e. The zero-order chi connectivity index (χ0) is 8.32. The van der Waals surface area contributed by atoms with Crippen LogP contribution in [0.5, 0.6) is 0 Å². The highest BCUT2D eigenvalue weighted by atomic mass is 16.5. The fraction of sp³-hybridized carbons (Fsp3) is 1.00. The van der Waals surface area contributed by atoms with Crippen LogP contribution in [0, 0.1) is 0 Å². The topological polar surface area (TPSA) is 30.5 Å². The summed E-state index contributed by atoms with van der Waals surface area (Å²) >= 11 is 0. The van der Waals surface area contributed by atoms with Gasteiger partial charge in [-0.3, -0.25) is 0 Å². The Bertz CT molecular complexity index is 121. The second-order valence-corrected chi connectivity index (χ2v) is 3.22. The van der Waals surface area contributed by atoms with Crippen LogP contribution in [0.15, 0.2) is 0 Å². The Hall–Kier alpha value is -0.120. The summed E-state index contributed by atoms with van der Waals surface area (Å²) in [4.78, 5) is 0. The maximum Gasteiger partial charge on any atom is 0.104 e. The summed E-state index contributed by atoms with van der Waals surface area (Å²) in [7, 11) is 1.72. The highest BCUT2D eigenvalue weighted by molar-refractivity contribution is 4.87. The van der Waals surface area contributed by atoms with Gasteiger partial charge >= 0.3 is 0 Å². The molecule has 1 aliphatic heterocycles. The van der Waals surface area contributed by atoms with Gasteiger partial charge in [0.1, 0.15) is 5.60 Å². The normalized spacial score (nSPS) is 35.2. The quantitative estimate of drug-likeness (QED) is 0.632. The Balaban J connectivity index is 2.49. The van der Waals surface area contributed by atoms with Crippen LogP contribution in [0.3, 0.4) is 0 Å². The Morgan fingerprint density at radius 3 is 2.82 bits per heavy atom. The summed E-state index contributed by atoms with van der Waals surface area (Å²) in [6, 6.07) is 0. The van der Waals surface area contributed by atoms with Gasteiger partial charge < -0.3 is 14.8 Å². The fourth-order valence-electron chi connectivity index (χ4n) is 1.25. The molecule has 3 nitrogen and oxygen atoms in total. The van der Waals surface area contributed by atoms with E-state index in [4.69, 9.17) is 9.47 Å². The van der Waals surface area contributed by atoms with Crippen LogP contribution in [0.25, 0.3) is 0 Å². The molecule has 0 bridgehead atoms. The third-order valence-electron chi connectivity index (χ3n) is 2.40. The number of morpholine rings is 1. The molecule has 3 heteroatoms. The van der Waals surface area contributed by atoms with Crippen LogP contribution in [-0.2, 0) is 9.47 Å². The third-order valence-corrected chi connectivity index (χ3v) is 2.40. The average Bonchev–Trinajstić information content (AvgIpc) is 2.04. The van der Waals surface area contributed by atoms with Crippen molar-refractivity contribution < 1.29 is 9.47 Å². The standard InChI is InChI=1S/C8H17NO2/c1-7(10-3)8(2)6-9-4-5-11-8/h7,9H,4-6H2,1-3H3.